The molecule has 1 aromatic heterocycles. The number of hydrogen-bond acceptors (Lipinski definition) is 5. The maximum atomic E-state index is 12.4. The average molecular weight is 309 g/mol. The molecule has 1 amide bonds. The van der Waals surface area contributed by atoms with E-state index >= 15 is 0 Å². The van der Waals surface area contributed by atoms with Crippen LogP contribution in [0.2, 0.25) is 0 Å². The van der Waals surface area contributed by atoms with Gasteiger partial charge in [-0.3, -0.25) is 4.79 Å². The van der Waals surface area contributed by atoms with Gasteiger partial charge in [0.05, 0.1) is 0 Å². The van der Waals surface area contributed by atoms with Gasteiger partial charge in [-0.05, 0) is 25.0 Å². The molecule has 3 rings (SSSR count). The number of hydrogen-bond donors (Lipinski definition) is 1. The first-order chi connectivity index (χ1) is 9.74. The van der Waals surface area contributed by atoms with Gasteiger partial charge < -0.3 is 15.2 Å². The summed E-state index contributed by atoms with van der Waals surface area (Å²) in [6.45, 7) is 1.41. The fourth-order valence-electron chi connectivity index (χ4n) is 2.44. The van der Waals surface area contributed by atoms with E-state index in [-0.39, 0.29) is 24.4 Å². The van der Waals surface area contributed by atoms with Crippen LogP contribution < -0.4 is 5.73 Å². The fraction of sp³-hybridized carbons (Fsp3) is 0.357. The van der Waals surface area contributed by atoms with Crippen LogP contribution in [0.3, 0.4) is 0 Å². The molecular weight excluding hydrogens is 292 g/mol. The molecule has 2 aromatic rings. The summed E-state index contributed by atoms with van der Waals surface area (Å²) in [4.78, 5) is 18.2. The molecule has 2 heterocycles. The molecule has 112 valence electrons. The molecule has 0 bridgehead atoms. The number of likely N-dealkylation sites (tertiary alicyclic amines) is 1. The standard InChI is InChI=1S/C14H16N4O2.ClH/c15-12-2-1-7-18(8-12)14(19)11-5-3-10(4-6-11)13-16-9-20-17-13;/h3-6,9,12H,1-2,7-8,15H2;1H. The van der Waals surface area contributed by atoms with Gasteiger partial charge in [0.25, 0.3) is 5.91 Å². The summed E-state index contributed by atoms with van der Waals surface area (Å²) in [6, 6.07) is 7.30. The van der Waals surface area contributed by atoms with E-state index in [0.29, 0.717) is 17.9 Å². The van der Waals surface area contributed by atoms with Gasteiger partial charge in [-0.25, -0.2) is 0 Å². The Balaban J connectivity index is 0.00000161. The first kappa shape index (κ1) is 15.5. The molecule has 7 heteroatoms. The number of amides is 1. The lowest BCUT2D eigenvalue weighted by Crippen LogP contribution is -2.45. The normalized spacial score (nSPS) is 18.1. The number of benzene rings is 1. The first-order valence-electron chi connectivity index (χ1n) is 6.66. The zero-order valence-electron chi connectivity index (χ0n) is 11.4. The van der Waals surface area contributed by atoms with Crippen LogP contribution in [-0.2, 0) is 0 Å². The quantitative estimate of drug-likeness (QED) is 0.913. The van der Waals surface area contributed by atoms with Crippen LogP contribution in [-0.4, -0.2) is 40.1 Å². The van der Waals surface area contributed by atoms with Crippen molar-refractivity contribution in [2.75, 3.05) is 13.1 Å². The summed E-state index contributed by atoms with van der Waals surface area (Å²) >= 11 is 0. The highest BCUT2D eigenvalue weighted by Crippen LogP contribution is 2.17. The summed E-state index contributed by atoms with van der Waals surface area (Å²) in [5.41, 5.74) is 7.39. The Morgan fingerprint density at radius 1 is 1.33 bits per heavy atom. The Morgan fingerprint density at radius 2 is 2.10 bits per heavy atom. The van der Waals surface area contributed by atoms with E-state index in [1.807, 2.05) is 17.0 Å². The number of rotatable bonds is 2. The predicted molar refractivity (Wildman–Crippen MR) is 80.1 cm³/mol. The number of nitrogens with two attached hydrogens (primary N) is 1. The lowest BCUT2D eigenvalue weighted by molar-refractivity contribution is 0.0709. The highest BCUT2D eigenvalue weighted by atomic mass is 35.5. The molecule has 1 aliphatic heterocycles. The van der Waals surface area contributed by atoms with Crippen LogP contribution in [0, 0.1) is 0 Å². The van der Waals surface area contributed by atoms with E-state index in [4.69, 9.17) is 10.3 Å². The fourth-order valence-corrected chi connectivity index (χ4v) is 2.44. The maximum absolute atomic E-state index is 12.4. The third-order valence-corrected chi connectivity index (χ3v) is 3.50. The summed E-state index contributed by atoms with van der Waals surface area (Å²) in [5, 5.41) is 3.76. The van der Waals surface area contributed by atoms with Gasteiger partial charge in [-0.2, -0.15) is 4.98 Å². The number of carbonyl (C=O) groups excluding carboxylic acids is 1. The number of aromatic nitrogens is 2. The third kappa shape index (κ3) is 3.40. The third-order valence-electron chi connectivity index (χ3n) is 3.50. The highest BCUT2D eigenvalue weighted by molar-refractivity contribution is 5.94. The van der Waals surface area contributed by atoms with E-state index < -0.39 is 0 Å². The zero-order chi connectivity index (χ0) is 13.9. The molecule has 1 fully saturated rings. The zero-order valence-corrected chi connectivity index (χ0v) is 12.3. The van der Waals surface area contributed by atoms with Crippen molar-refractivity contribution in [1.29, 1.82) is 0 Å². The molecule has 21 heavy (non-hydrogen) atoms. The van der Waals surface area contributed by atoms with Crippen LogP contribution >= 0.6 is 12.4 Å². The topological polar surface area (TPSA) is 85.2 Å². The summed E-state index contributed by atoms with van der Waals surface area (Å²) in [6.07, 6.45) is 3.23. The molecule has 0 spiro atoms. The Hall–Kier alpha value is -1.92. The Bertz CT molecular complexity index is 586. The maximum Gasteiger partial charge on any atom is 0.253 e. The second-order valence-corrected chi connectivity index (χ2v) is 4.99. The average Bonchev–Trinajstić information content (AvgIpc) is 3.01. The van der Waals surface area contributed by atoms with Crippen LogP contribution in [0.5, 0.6) is 0 Å². The van der Waals surface area contributed by atoms with E-state index in [2.05, 4.69) is 10.1 Å². The van der Waals surface area contributed by atoms with Crippen LogP contribution in [0.4, 0.5) is 0 Å². The number of nitrogens with zero attached hydrogens (tertiary/aromatic N) is 3. The Morgan fingerprint density at radius 3 is 2.71 bits per heavy atom. The molecule has 1 unspecified atom stereocenters. The lowest BCUT2D eigenvalue weighted by atomic mass is 10.0. The van der Waals surface area contributed by atoms with E-state index in [1.54, 1.807) is 12.1 Å². The van der Waals surface area contributed by atoms with Crippen molar-refractivity contribution in [2.45, 2.75) is 18.9 Å². The first-order valence-corrected chi connectivity index (χ1v) is 6.66. The monoisotopic (exact) mass is 308 g/mol. The van der Waals surface area contributed by atoms with Gasteiger partial charge in [-0.1, -0.05) is 17.3 Å². The molecule has 0 radical (unpaired) electrons. The van der Waals surface area contributed by atoms with E-state index in [1.165, 1.54) is 6.39 Å². The second kappa shape index (κ2) is 6.69. The molecular formula is C14H17ClN4O2. The van der Waals surface area contributed by atoms with Gasteiger partial charge in [0.2, 0.25) is 12.2 Å². The molecule has 1 aliphatic rings. The van der Waals surface area contributed by atoms with Gasteiger partial charge in [0, 0.05) is 30.3 Å². The van der Waals surface area contributed by atoms with Crippen molar-refractivity contribution < 1.29 is 9.32 Å². The molecule has 6 nitrogen and oxygen atoms in total. The second-order valence-electron chi connectivity index (χ2n) is 4.99. The number of carbonyl (C=O) groups is 1. The van der Waals surface area contributed by atoms with Crippen LogP contribution in [0.15, 0.2) is 35.2 Å². The SMILES string of the molecule is Cl.NC1CCCN(C(=O)c2ccc(-c3ncon3)cc2)C1. The van der Waals surface area contributed by atoms with Gasteiger partial charge in [0.15, 0.2) is 0 Å². The van der Waals surface area contributed by atoms with Gasteiger partial charge in [-0.15, -0.1) is 12.4 Å². The minimum absolute atomic E-state index is 0. The molecule has 2 N–H and O–H groups in total. The van der Waals surface area contributed by atoms with Crippen molar-refractivity contribution in [1.82, 2.24) is 15.0 Å². The number of halogens is 1. The van der Waals surface area contributed by atoms with Crippen molar-refractivity contribution in [3.8, 4) is 11.4 Å². The van der Waals surface area contributed by atoms with Crippen molar-refractivity contribution >= 4 is 18.3 Å². The van der Waals surface area contributed by atoms with Gasteiger partial charge in [0.1, 0.15) is 0 Å². The minimum atomic E-state index is 0. The minimum Gasteiger partial charge on any atom is -0.342 e. The van der Waals surface area contributed by atoms with Crippen molar-refractivity contribution in [2.24, 2.45) is 5.73 Å². The van der Waals surface area contributed by atoms with Gasteiger partial charge >= 0.3 is 0 Å². The van der Waals surface area contributed by atoms with Crippen LogP contribution in [0.25, 0.3) is 11.4 Å². The van der Waals surface area contributed by atoms with E-state index in [0.717, 1.165) is 24.9 Å². The Labute approximate surface area is 128 Å². The van der Waals surface area contributed by atoms with Crippen molar-refractivity contribution in [3.05, 3.63) is 36.2 Å². The summed E-state index contributed by atoms with van der Waals surface area (Å²) in [7, 11) is 0. The summed E-state index contributed by atoms with van der Waals surface area (Å²) < 4.78 is 4.70. The molecule has 0 saturated carbocycles. The van der Waals surface area contributed by atoms with Crippen LogP contribution in [0.1, 0.15) is 23.2 Å². The molecule has 1 saturated heterocycles. The molecule has 1 atom stereocenters. The smallest absolute Gasteiger partial charge is 0.253 e. The lowest BCUT2D eigenvalue weighted by Gasteiger charge is -2.30. The largest absolute Gasteiger partial charge is 0.342 e. The summed E-state index contributed by atoms with van der Waals surface area (Å²) in [5.74, 6) is 0.545. The predicted octanol–water partition coefficient (Wildman–Crippen LogP) is 1.72. The molecule has 1 aromatic carbocycles. The highest BCUT2D eigenvalue weighted by Gasteiger charge is 2.22. The van der Waals surface area contributed by atoms with Crippen molar-refractivity contribution in [3.63, 3.8) is 0 Å². The molecule has 0 aliphatic carbocycles. The number of piperidine rings is 1. The Kier molecular flexibility index (Phi) is 4.93. The van der Waals surface area contributed by atoms with E-state index in [9.17, 15) is 4.79 Å².